The third kappa shape index (κ3) is 5.54. The van der Waals surface area contributed by atoms with Crippen molar-refractivity contribution in [1.29, 1.82) is 0 Å². The number of ether oxygens (including phenoxy) is 2. The number of thiocarbonyl (C=S) groups is 1. The zero-order valence-electron chi connectivity index (χ0n) is 17.6. The first kappa shape index (κ1) is 23.0. The third-order valence-corrected chi connectivity index (χ3v) is 6.00. The fourth-order valence-corrected chi connectivity index (χ4v) is 4.45. The number of carbonyl (C=O) groups is 2. The molecule has 0 saturated carbocycles. The van der Waals surface area contributed by atoms with E-state index in [2.05, 4.69) is 6.92 Å². The lowest BCUT2D eigenvalue weighted by Gasteiger charge is -2.25. The molecule has 1 heterocycles. The first-order valence-electron chi connectivity index (χ1n) is 10.3. The molecule has 1 aliphatic heterocycles. The Kier molecular flexibility index (Phi) is 8.26. The summed E-state index contributed by atoms with van der Waals surface area (Å²) in [5.74, 6) is -0.110. The molecule has 5 nitrogen and oxygen atoms in total. The Morgan fingerprint density at radius 2 is 1.84 bits per heavy atom. The van der Waals surface area contributed by atoms with Gasteiger partial charge in [0.2, 0.25) is 0 Å². The highest BCUT2D eigenvalue weighted by Crippen LogP contribution is 2.39. The van der Waals surface area contributed by atoms with Crippen LogP contribution in [0, 0.1) is 0 Å². The topological polar surface area (TPSA) is 55.8 Å². The molecule has 0 aliphatic carbocycles. The van der Waals surface area contributed by atoms with Crippen molar-refractivity contribution in [2.24, 2.45) is 0 Å². The Hall–Kier alpha value is -2.64. The van der Waals surface area contributed by atoms with Crippen LogP contribution < -0.4 is 4.74 Å². The molecule has 0 aromatic heterocycles. The van der Waals surface area contributed by atoms with Gasteiger partial charge in [-0.25, -0.2) is 4.79 Å². The first-order chi connectivity index (χ1) is 15.1. The van der Waals surface area contributed by atoms with E-state index in [1.807, 2.05) is 42.5 Å². The van der Waals surface area contributed by atoms with Crippen LogP contribution in [0.25, 0.3) is 6.08 Å². The van der Waals surface area contributed by atoms with E-state index in [-0.39, 0.29) is 12.5 Å². The van der Waals surface area contributed by atoms with Crippen molar-refractivity contribution in [2.75, 3.05) is 13.2 Å². The van der Waals surface area contributed by atoms with Gasteiger partial charge in [-0.2, -0.15) is 0 Å². The molecule has 1 amide bonds. The van der Waals surface area contributed by atoms with Gasteiger partial charge in [-0.3, -0.25) is 9.69 Å². The van der Waals surface area contributed by atoms with Crippen molar-refractivity contribution in [2.45, 2.75) is 32.7 Å². The highest BCUT2D eigenvalue weighted by Gasteiger charge is 2.42. The second kappa shape index (κ2) is 11.1. The van der Waals surface area contributed by atoms with Crippen LogP contribution >= 0.6 is 24.0 Å². The number of hydrogen-bond acceptors (Lipinski definition) is 6. The van der Waals surface area contributed by atoms with Gasteiger partial charge in [0.25, 0.3) is 5.91 Å². The molecule has 2 aromatic rings. The molecular weight excluding hydrogens is 430 g/mol. The van der Waals surface area contributed by atoms with Gasteiger partial charge in [-0.15, -0.1) is 0 Å². The minimum atomic E-state index is -0.921. The molecule has 162 valence electrons. The molecular formula is C24H25NO4S2. The number of benzene rings is 2. The molecule has 7 heteroatoms. The van der Waals surface area contributed by atoms with Gasteiger partial charge >= 0.3 is 5.97 Å². The molecule has 1 unspecified atom stereocenters. The van der Waals surface area contributed by atoms with Crippen molar-refractivity contribution in [3.8, 4) is 5.75 Å². The molecule has 0 radical (unpaired) electrons. The van der Waals surface area contributed by atoms with Crippen molar-refractivity contribution in [1.82, 2.24) is 4.90 Å². The number of esters is 1. The Balaban J connectivity index is 1.92. The maximum absolute atomic E-state index is 13.3. The number of carbonyl (C=O) groups excluding carboxylic acids is 2. The van der Waals surface area contributed by atoms with Crippen LogP contribution in [0.15, 0.2) is 59.5 Å². The molecule has 0 spiro atoms. The van der Waals surface area contributed by atoms with E-state index >= 15 is 0 Å². The quantitative estimate of drug-likeness (QED) is 0.219. The lowest BCUT2D eigenvalue weighted by molar-refractivity contribution is -0.151. The summed E-state index contributed by atoms with van der Waals surface area (Å²) < 4.78 is 11.5. The maximum Gasteiger partial charge on any atom is 0.333 e. The van der Waals surface area contributed by atoms with E-state index in [4.69, 9.17) is 21.7 Å². The van der Waals surface area contributed by atoms with Gasteiger partial charge in [0, 0.05) is 5.56 Å². The first-order valence-corrected chi connectivity index (χ1v) is 11.5. The van der Waals surface area contributed by atoms with Crippen LogP contribution in [0.5, 0.6) is 5.75 Å². The molecule has 2 aromatic carbocycles. The fraction of sp³-hybridized carbons (Fsp3) is 0.292. The van der Waals surface area contributed by atoms with E-state index in [0.29, 0.717) is 27.1 Å². The summed E-state index contributed by atoms with van der Waals surface area (Å²) in [7, 11) is 0. The molecule has 0 N–H and O–H groups in total. The number of nitrogens with zero attached hydrogens (tertiary/aromatic N) is 1. The van der Waals surface area contributed by atoms with Gasteiger partial charge in [0.15, 0.2) is 6.04 Å². The highest BCUT2D eigenvalue weighted by molar-refractivity contribution is 8.26. The minimum Gasteiger partial charge on any atom is -0.493 e. The number of para-hydroxylation sites is 1. The summed E-state index contributed by atoms with van der Waals surface area (Å²) in [5.41, 5.74) is 1.45. The smallest absolute Gasteiger partial charge is 0.333 e. The summed E-state index contributed by atoms with van der Waals surface area (Å²) in [4.78, 5) is 27.9. The van der Waals surface area contributed by atoms with E-state index in [0.717, 1.165) is 18.4 Å². The Labute approximate surface area is 192 Å². The molecule has 1 aliphatic rings. The Morgan fingerprint density at radius 3 is 2.55 bits per heavy atom. The number of hydrogen-bond donors (Lipinski definition) is 0. The zero-order valence-corrected chi connectivity index (χ0v) is 19.2. The second-order valence-corrected chi connectivity index (χ2v) is 8.53. The average Bonchev–Trinajstić information content (AvgIpc) is 3.04. The van der Waals surface area contributed by atoms with E-state index < -0.39 is 12.0 Å². The summed E-state index contributed by atoms with van der Waals surface area (Å²) >= 11 is 6.67. The van der Waals surface area contributed by atoms with Crippen molar-refractivity contribution < 1.29 is 19.1 Å². The third-order valence-electron chi connectivity index (χ3n) is 4.67. The van der Waals surface area contributed by atoms with E-state index in [1.165, 1.54) is 16.7 Å². The van der Waals surface area contributed by atoms with Crippen LogP contribution in [0.4, 0.5) is 0 Å². The predicted molar refractivity (Wildman–Crippen MR) is 128 cm³/mol. The summed E-state index contributed by atoms with van der Waals surface area (Å²) in [6.07, 6.45) is 3.76. The molecule has 31 heavy (non-hydrogen) atoms. The van der Waals surface area contributed by atoms with Crippen LogP contribution in [0.2, 0.25) is 0 Å². The molecule has 1 saturated heterocycles. The van der Waals surface area contributed by atoms with Crippen LogP contribution in [0.1, 0.15) is 43.9 Å². The number of rotatable bonds is 9. The Morgan fingerprint density at radius 1 is 1.13 bits per heavy atom. The number of amides is 1. The Bertz CT molecular complexity index is 975. The largest absolute Gasteiger partial charge is 0.493 e. The predicted octanol–water partition coefficient (Wildman–Crippen LogP) is 5.37. The summed E-state index contributed by atoms with van der Waals surface area (Å²) in [5, 5.41) is 0. The summed E-state index contributed by atoms with van der Waals surface area (Å²) in [6, 6.07) is 15.7. The molecule has 1 atom stereocenters. The maximum atomic E-state index is 13.3. The fourth-order valence-electron chi connectivity index (χ4n) is 3.15. The normalized spacial score (nSPS) is 15.9. The van der Waals surface area contributed by atoms with Crippen molar-refractivity contribution in [3.05, 3.63) is 70.6 Å². The molecule has 0 bridgehead atoms. The van der Waals surface area contributed by atoms with Gasteiger partial charge in [-0.05, 0) is 31.1 Å². The SMILES string of the molecule is CCCCOc1ccccc1/C=C1/SC(=S)N(C(C(=O)OCC)c2ccccc2)C1=O. The van der Waals surface area contributed by atoms with Crippen LogP contribution in [-0.4, -0.2) is 34.3 Å². The van der Waals surface area contributed by atoms with Crippen molar-refractivity contribution >= 4 is 46.3 Å². The van der Waals surface area contributed by atoms with Gasteiger partial charge in [-0.1, -0.05) is 85.9 Å². The highest BCUT2D eigenvalue weighted by atomic mass is 32.2. The van der Waals surface area contributed by atoms with Crippen LogP contribution in [-0.2, 0) is 14.3 Å². The zero-order chi connectivity index (χ0) is 22.2. The number of unbranched alkanes of at least 4 members (excludes halogenated alkanes) is 1. The van der Waals surface area contributed by atoms with E-state index in [1.54, 1.807) is 25.1 Å². The van der Waals surface area contributed by atoms with Gasteiger partial charge < -0.3 is 9.47 Å². The van der Waals surface area contributed by atoms with E-state index in [9.17, 15) is 9.59 Å². The van der Waals surface area contributed by atoms with Crippen molar-refractivity contribution in [3.63, 3.8) is 0 Å². The lowest BCUT2D eigenvalue weighted by atomic mass is 10.1. The standard InChI is InChI=1S/C24H25NO4S2/c1-3-5-15-29-19-14-10-9-13-18(19)16-20-22(26)25(24(30)31-20)21(23(27)28-4-2)17-11-7-6-8-12-17/h6-14,16,21H,3-5,15H2,1-2H3/b20-16+. The second-order valence-electron chi connectivity index (χ2n) is 6.86. The summed E-state index contributed by atoms with van der Waals surface area (Å²) in [6.45, 7) is 4.67. The lowest BCUT2D eigenvalue weighted by Crippen LogP contribution is -2.38. The van der Waals surface area contributed by atoms with Crippen LogP contribution in [0.3, 0.4) is 0 Å². The number of thioether (sulfide) groups is 1. The minimum absolute atomic E-state index is 0.218. The molecule has 1 fully saturated rings. The monoisotopic (exact) mass is 455 g/mol. The van der Waals surface area contributed by atoms with Gasteiger partial charge in [0.1, 0.15) is 10.1 Å². The van der Waals surface area contributed by atoms with Gasteiger partial charge in [0.05, 0.1) is 18.1 Å². The average molecular weight is 456 g/mol. The molecule has 3 rings (SSSR count).